The lowest BCUT2D eigenvalue weighted by molar-refractivity contribution is -0.118. The fourth-order valence-corrected chi connectivity index (χ4v) is 1.88. The summed E-state index contributed by atoms with van der Waals surface area (Å²) in [6.45, 7) is 0.390. The first-order valence-corrected chi connectivity index (χ1v) is 5.16. The van der Waals surface area contributed by atoms with Gasteiger partial charge >= 0.3 is 0 Å². The maximum absolute atomic E-state index is 10.7. The average Bonchev–Trinajstić information content (AvgIpc) is 2.52. The number of hydrogen-bond acceptors (Lipinski definition) is 3. The van der Waals surface area contributed by atoms with Crippen LogP contribution in [0.15, 0.2) is 18.2 Å². The highest BCUT2D eigenvalue weighted by Crippen LogP contribution is 2.25. The molecule has 1 amide bonds. The number of carbonyl (C=O) groups excluding carboxylic acids is 1. The van der Waals surface area contributed by atoms with E-state index in [4.69, 9.17) is 23.1 Å². The largest absolute Gasteiger partial charge is 0.370 e. The van der Waals surface area contributed by atoms with Gasteiger partial charge in [-0.2, -0.15) is 0 Å². The van der Waals surface area contributed by atoms with Crippen LogP contribution in [0, 0.1) is 0 Å². The van der Waals surface area contributed by atoms with Crippen LogP contribution in [0.4, 0.5) is 5.95 Å². The number of primary amides is 1. The Kier molecular flexibility index (Phi) is 2.70. The third-order valence-electron chi connectivity index (χ3n) is 2.33. The van der Waals surface area contributed by atoms with Gasteiger partial charge in [-0.25, -0.2) is 4.98 Å². The van der Waals surface area contributed by atoms with Crippen molar-refractivity contribution in [3.05, 3.63) is 23.2 Å². The summed E-state index contributed by atoms with van der Waals surface area (Å²) in [5.74, 6) is -0.0438. The first kappa shape index (κ1) is 10.8. The Morgan fingerprint density at radius 2 is 2.25 bits per heavy atom. The van der Waals surface area contributed by atoms with Crippen molar-refractivity contribution in [3.8, 4) is 0 Å². The molecule has 1 aromatic heterocycles. The molecule has 84 valence electrons. The molecule has 0 bridgehead atoms. The molecule has 4 N–H and O–H groups in total. The van der Waals surface area contributed by atoms with E-state index in [-0.39, 0.29) is 12.3 Å². The van der Waals surface area contributed by atoms with Gasteiger partial charge in [0.1, 0.15) is 0 Å². The lowest BCUT2D eigenvalue weighted by atomic mass is 10.3. The number of hydrogen-bond donors (Lipinski definition) is 2. The van der Waals surface area contributed by atoms with Crippen molar-refractivity contribution in [3.63, 3.8) is 0 Å². The molecule has 0 unspecified atom stereocenters. The molecule has 0 aliphatic rings. The number of carbonyl (C=O) groups is 1. The zero-order valence-electron chi connectivity index (χ0n) is 8.48. The van der Waals surface area contributed by atoms with Crippen molar-refractivity contribution in [2.24, 2.45) is 5.73 Å². The lowest BCUT2D eigenvalue weighted by Crippen LogP contribution is -2.14. The van der Waals surface area contributed by atoms with E-state index in [1.54, 1.807) is 16.7 Å². The first-order valence-electron chi connectivity index (χ1n) is 4.78. The van der Waals surface area contributed by atoms with Gasteiger partial charge in [-0.1, -0.05) is 17.7 Å². The molecule has 0 aliphatic heterocycles. The summed E-state index contributed by atoms with van der Waals surface area (Å²) in [5, 5.41) is 0.561. The van der Waals surface area contributed by atoms with Crippen LogP contribution in [-0.2, 0) is 11.3 Å². The third kappa shape index (κ3) is 1.81. The minimum atomic E-state index is -0.381. The predicted molar refractivity (Wildman–Crippen MR) is 63.0 cm³/mol. The summed E-state index contributed by atoms with van der Waals surface area (Å²) in [5.41, 5.74) is 12.3. The van der Waals surface area contributed by atoms with Gasteiger partial charge in [0, 0.05) is 13.0 Å². The summed E-state index contributed by atoms with van der Waals surface area (Å²) < 4.78 is 1.70. The van der Waals surface area contributed by atoms with E-state index in [2.05, 4.69) is 4.98 Å². The van der Waals surface area contributed by atoms with Crippen molar-refractivity contribution in [1.29, 1.82) is 0 Å². The van der Waals surface area contributed by atoms with Crippen LogP contribution in [-0.4, -0.2) is 15.5 Å². The fraction of sp³-hybridized carbons (Fsp3) is 0.200. The molecule has 6 heteroatoms. The standard InChI is InChI=1S/C10H11ClN4O/c11-6-2-1-3-7-9(6)15(10(13)14-7)5-4-8(12)16/h1-3H,4-5H2,(H2,12,16)(H2,13,14). The summed E-state index contributed by atoms with van der Waals surface area (Å²) in [6.07, 6.45) is 0.209. The molecular formula is C10H11ClN4O. The van der Waals surface area contributed by atoms with E-state index in [1.807, 2.05) is 6.07 Å². The lowest BCUT2D eigenvalue weighted by Gasteiger charge is -2.05. The van der Waals surface area contributed by atoms with E-state index in [0.717, 1.165) is 11.0 Å². The average molecular weight is 239 g/mol. The van der Waals surface area contributed by atoms with Crippen LogP contribution in [0.1, 0.15) is 6.42 Å². The van der Waals surface area contributed by atoms with Crippen molar-refractivity contribution in [2.45, 2.75) is 13.0 Å². The Morgan fingerprint density at radius 3 is 2.94 bits per heavy atom. The maximum atomic E-state index is 10.7. The van der Waals surface area contributed by atoms with Gasteiger partial charge in [-0.05, 0) is 12.1 Å². The molecule has 1 heterocycles. The highest BCUT2D eigenvalue weighted by molar-refractivity contribution is 6.35. The Bertz CT molecular complexity index is 549. The second-order valence-corrected chi connectivity index (χ2v) is 3.85. The molecule has 0 atom stereocenters. The minimum absolute atomic E-state index is 0.209. The topological polar surface area (TPSA) is 86.9 Å². The molecule has 1 aromatic carbocycles. The molecule has 0 saturated carbocycles. The number of nitrogens with zero attached hydrogens (tertiary/aromatic N) is 2. The van der Waals surface area contributed by atoms with E-state index in [1.165, 1.54) is 0 Å². The number of para-hydroxylation sites is 1. The number of fused-ring (bicyclic) bond motifs is 1. The molecule has 2 rings (SSSR count). The van der Waals surface area contributed by atoms with Crippen molar-refractivity contribution in [1.82, 2.24) is 9.55 Å². The summed E-state index contributed by atoms with van der Waals surface area (Å²) in [7, 11) is 0. The number of benzene rings is 1. The van der Waals surface area contributed by atoms with Gasteiger partial charge in [-0.15, -0.1) is 0 Å². The second kappa shape index (κ2) is 4.02. The minimum Gasteiger partial charge on any atom is -0.370 e. The quantitative estimate of drug-likeness (QED) is 0.841. The number of halogens is 1. The van der Waals surface area contributed by atoms with Crippen molar-refractivity contribution in [2.75, 3.05) is 5.73 Å². The molecule has 5 nitrogen and oxygen atoms in total. The van der Waals surface area contributed by atoms with Gasteiger partial charge in [0.25, 0.3) is 0 Å². The zero-order chi connectivity index (χ0) is 11.7. The Labute approximate surface area is 97.0 Å². The highest BCUT2D eigenvalue weighted by atomic mass is 35.5. The zero-order valence-corrected chi connectivity index (χ0v) is 9.24. The normalized spacial score (nSPS) is 10.8. The Balaban J connectivity index is 2.50. The SMILES string of the molecule is NC(=O)CCn1c(N)nc2cccc(Cl)c21. The Morgan fingerprint density at radius 1 is 1.50 bits per heavy atom. The number of nitrogen functional groups attached to an aromatic ring is 1. The van der Waals surface area contributed by atoms with E-state index >= 15 is 0 Å². The van der Waals surface area contributed by atoms with Crippen LogP contribution in [0.25, 0.3) is 11.0 Å². The predicted octanol–water partition coefficient (Wildman–Crippen LogP) is 1.15. The van der Waals surface area contributed by atoms with Crippen LogP contribution >= 0.6 is 11.6 Å². The first-order chi connectivity index (χ1) is 7.59. The van der Waals surface area contributed by atoms with E-state index < -0.39 is 0 Å². The number of amides is 1. The number of aryl methyl sites for hydroxylation is 1. The van der Waals surface area contributed by atoms with Gasteiger partial charge in [0.15, 0.2) is 0 Å². The second-order valence-electron chi connectivity index (χ2n) is 3.45. The monoisotopic (exact) mass is 238 g/mol. The van der Waals surface area contributed by atoms with E-state index in [0.29, 0.717) is 17.5 Å². The van der Waals surface area contributed by atoms with Crippen LogP contribution < -0.4 is 11.5 Å². The smallest absolute Gasteiger partial charge is 0.219 e. The third-order valence-corrected chi connectivity index (χ3v) is 2.63. The summed E-state index contributed by atoms with van der Waals surface area (Å²) >= 11 is 6.06. The number of anilines is 1. The molecule has 0 fully saturated rings. The molecule has 2 aromatic rings. The van der Waals surface area contributed by atoms with Crippen LogP contribution in [0.5, 0.6) is 0 Å². The molecular weight excluding hydrogens is 228 g/mol. The van der Waals surface area contributed by atoms with Gasteiger partial charge in [-0.3, -0.25) is 4.79 Å². The number of nitrogens with two attached hydrogens (primary N) is 2. The fourth-order valence-electron chi connectivity index (χ4n) is 1.61. The molecule has 16 heavy (non-hydrogen) atoms. The molecule has 0 saturated heterocycles. The number of aromatic nitrogens is 2. The Hall–Kier alpha value is -1.75. The number of imidazole rings is 1. The maximum Gasteiger partial charge on any atom is 0.219 e. The van der Waals surface area contributed by atoms with Crippen LogP contribution in [0.3, 0.4) is 0 Å². The van der Waals surface area contributed by atoms with E-state index in [9.17, 15) is 4.79 Å². The van der Waals surface area contributed by atoms with Gasteiger partial charge in [0.05, 0.1) is 16.1 Å². The van der Waals surface area contributed by atoms with Gasteiger partial charge in [0.2, 0.25) is 11.9 Å². The summed E-state index contributed by atoms with van der Waals surface area (Å²) in [6, 6.07) is 5.37. The molecule has 0 spiro atoms. The molecule has 0 aliphatic carbocycles. The van der Waals surface area contributed by atoms with Crippen molar-refractivity contribution < 1.29 is 4.79 Å². The van der Waals surface area contributed by atoms with Gasteiger partial charge < -0.3 is 16.0 Å². The highest BCUT2D eigenvalue weighted by Gasteiger charge is 2.11. The number of rotatable bonds is 3. The molecule has 0 radical (unpaired) electrons. The van der Waals surface area contributed by atoms with Crippen molar-refractivity contribution >= 4 is 34.5 Å². The summed E-state index contributed by atoms with van der Waals surface area (Å²) in [4.78, 5) is 14.9. The van der Waals surface area contributed by atoms with Crippen LogP contribution in [0.2, 0.25) is 5.02 Å².